The Morgan fingerprint density at radius 3 is 2.55 bits per heavy atom. The number of hydrogen-bond donors (Lipinski definition) is 1. The third-order valence-electron chi connectivity index (χ3n) is 2.90. The van der Waals surface area contributed by atoms with Crippen molar-refractivity contribution in [1.29, 1.82) is 0 Å². The highest BCUT2D eigenvalue weighted by molar-refractivity contribution is 5.95. The van der Waals surface area contributed by atoms with E-state index in [0.29, 0.717) is 24.9 Å². The van der Waals surface area contributed by atoms with Crippen LogP contribution in [0.2, 0.25) is 0 Å². The lowest BCUT2D eigenvalue weighted by molar-refractivity contribution is 0.0526. The maximum Gasteiger partial charge on any atom is 0.407 e. The fourth-order valence-electron chi connectivity index (χ4n) is 1.90. The number of rotatable bonds is 7. The van der Waals surface area contributed by atoms with E-state index in [1.165, 1.54) is 18.2 Å². The van der Waals surface area contributed by atoms with Crippen LogP contribution in [0.15, 0.2) is 24.3 Å². The predicted molar refractivity (Wildman–Crippen MR) is 83.4 cm³/mol. The van der Waals surface area contributed by atoms with Gasteiger partial charge in [-0.2, -0.15) is 0 Å². The molecular formula is C17H24FNO3. The van der Waals surface area contributed by atoms with Crippen LogP contribution in [0.25, 0.3) is 0 Å². The number of nitrogens with one attached hydrogen (secondary N) is 1. The Kier molecular flexibility index (Phi) is 7.02. The highest BCUT2D eigenvalue weighted by Gasteiger charge is 2.15. The largest absolute Gasteiger partial charge is 0.444 e. The molecule has 0 unspecified atom stereocenters. The second-order valence-corrected chi connectivity index (χ2v) is 6.17. The summed E-state index contributed by atoms with van der Waals surface area (Å²) in [6.45, 7) is 5.95. The molecule has 1 aromatic rings. The van der Waals surface area contributed by atoms with E-state index in [4.69, 9.17) is 4.74 Å². The van der Waals surface area contributed by atoms with Gasteiger partial charge in [-0.15, -0.1) is 0 Å². The summed E-state index contributed by atoms with van der Waals surface area (Å²) in [5.74, 6) is -0.452. The smallest absolute Gasteiger partial charge is 0.407 e. The van der Waals surface area contributed by atoms with Crippen LogP contribution in [0, 0.1) is 5.82 Å². The van der Waals surface area contributed by atoms with Crippen LogP contribution in [0.4, 0.5) is 9.18 Å². The van der Waals surface area contributed by atoms with Crippen LogP contribution < -0.4 is 5.32 Å². The number of ketones is 1. The first-order valence-electron chi connectivity index (χ1n) is 7.53. The van der Waals surface area contributed by atoms with Crippen LogP contribution in [-0.2, 0) is 4.74 Å². The molecule has 0 radical (unpaired) electrons. The van der Waals surface area contributed by atoms with Gasteiger partial charge in [0.05, 0.1) is 0 Å². The molecule has 1 rings (SSSR count). The molecule has 1 aromatic carbocycles. The van der Waals surface area contributed by atoms with Gasteiger partial charge in [-0.05, 0) is 45.7 Å². The average molecular weight is 309 g/mol. The molecule has 0 spiro atoms. The molecule has 0 saturated heterocycles. The van der Waals surface area contributed by atoms with Gasteiger partial charge < -0.3 is 10.1 Å². The quantitative estimate of drug-likeness (QED) is 0.609. The van der Waals surface area contributed by atoms with Crippen LogP contribution in [-0.4, -0.2) is 24.0 Å². The van der Waals surface area contributed by atoms with Crippen molar-refractivity contribution in [2.75, 3.05) is 6.54 Å². The fourth-order valence-corrected chi connectivity index (χ4v) is 1.90. The number of hydrogen-bond acceptors (Lipinski definition) is 3. The minimum Gasteiger partial charge on any atom is -0.444 e. The summed E-state index contributed by atoms with van der Waals surface area (Å²) in [5.41, 5.74) is -0.0894. The molecule has 22 heavy (non-hydrogen) atoms. The van der Waals surface area contributed by atoms with Gasteiger partial charge in [-0.25, -0.2) is 9.18 Å². The lowest BCUT2D eigenvalue weighted by Crippen LogP contribution is -2.32. The highest BCUT2D eigenvalue weighted by Crippen LogP contribution is 2.10. The van der Waals surface area contributed by atoms with Crippen molar-refractivity contribution in [3.8, 4) is 0 Å². The normalized spacial score (nSPS) is 11.1. The van der Waals surface area contributed by atoms with Crippen molar-refractivity contribution in [2.24, 2.45) is 0 Å². The molecule has 0 bridgehead atoms. The van der Waals surface area contributed by atoms with Gasteiger partial charge in [0, 0.05) is 18.5 Å². The standard InChI is InChI=1S/C17H24FNO3/c1-17(2,3)22-16(21)19-11-6-4-5-10-15(20)13-8-7-9-14(18)12-13/h7-9,12H,4-6,10-11H2,1-3H3,(H,19,21). The zero-order valence-electron chi connectivity index (χ0n) is 13.4. The van der Waals surface area contributed by atoms with Crippen molar-refractivity contribution < 1.29 is 18.7 Å². The van der Waals surface area contributed by atoms with E-state index in [1.807, 2.05) is 20.8 Å². The van der Waals surface area contributed by atoms with E-state index < -0.39 is 17.5 Å². The Labute approximate surface area is 131 Å². The zero-order valence-corrected chi connectivity index (χ0v) is 13.4. The number of carbonyl (C=O) groups excluding carboxylic acids is 2. The third kappa shape index (κ3) is 7.76. The van der Waals surface area contributed by atoms with Crippen molar-refractivity contribution in [1.82, 2.24) is 5.32 Å². The molecule has 1 N–H and O–H groups in total. The van der Waals surface area contributed by atoms with Gasteiger partial charge in [-0.1, -0.05) is 18.6 Å². The summed E-state index contributed by atoms with van der Waals surface area (Å²) in [4.78, 5) is 23.2. The average Bonchev–Trinajstić information content (AvgIpc) is 2.40. The van der Waals surface area contributed by atoms with Crippen LogP contribution in [0.3, 0.4) is 0 Å². The second kappa shape index (κ2) is 8.51. The highest BCUT2D eigenvalue weighted by atomic mass is 19.1. The van der Waals surface area contributed by atoms with Gasteiger partial charge in [-0.3, -0.25) is 4.79 Å². The van der Waals surface area contributed by atoms with E-state index in [0.717, 1.165) is 12.8 Å². The molecule has 0 saturated carbocycles. The van der Waals surface area contributed by atoms with Crippen molar-refractivity contribution in [3.63, 3.8) is 0 Å². The SMILES string of the molecule is CC(C)(C)OC(=O)NCCCCCC(=O)c1cccc(F)c1. The molecule has 5 heteroatoms. The number of alkyl carbamates (subject to hydrolysis) is 1. The van der Waals surface area contributed by atoms with E-state index in [1.54, 1.807) is 6.07 Å². The summed E-state index contributed by atoms with van der Waals surface area (Å²) < 4.78 is 18.1. The van der Waals surface area contributed by atoms with Crippen molar-refractivity contribution in [3.05, 3.63) is 35.6 Å². The lowest BCUT2D eigenvalue weighted by atomic mass is 10.0. The number of benzene rings is 1. The number of unbranched alkanes of at least 4 members (excludes halogenated alkanes) is 2. The molecule has 1 amide bonds. The fraction of sp³-hybridized carbons (Fsp3) is 0.529. The Hall–Kier alpha value is -1.91. The molecule has 0 fully saturated rings. The molecule has 0 heterocycles. The molecule has 0 aliphatic rings. The molecule has 122 valence electrons. The summed E-state index contributed by atoms with van der Waals surface area (Å²) >= 11 is 0. The van der Waals surface area contributed by atoms with Gasteiger partial charge >= 0.3 is 6.09 Å². The predicted octanol–water partition coefficient (Wildman–Crippen LogP) is 4.09. The number of amides is 1. The number of halogens is 1. The first-order chi connectivity index (χ1) is 10.3. The summed E-state index contributed by atoms with van der Waals surface area (Å²) in [6.07, 6.45) is 2.26. The lowest BCUT2D eigenvalue weighted by Gasteiger charge is -2.19. The van der Waals surface area contributed by atoms with Crippen molar-refractivity contribution >= 4 is 11.9 Å². The van der Waals surface area contributed by atoms with Gasteiger partial charge in [0.1, 0.15) is 11.4 Å². The maximum absolute atomic E-state index is 13.0. The maximum atomic E-state index is 13.0. The van der Waals surface area contributed by atoms with Gasteiger partial charge in [0.15, 0.2) is 5.78 Å². The number of Topliss-reactive ketones (excluding diaryl/α,β-unsaturated/α-hetero) is 1. The Morgan fingerprint density at radius 1 is 1.18 bits per heavy atom. The Balaban J connectivity index is 2.13. The molecule has 4 nitrogen and oxygen atoms in total. The summed E-state index contributed by atoms with van der Waals surface area (Å²) in [6, 6.07) is 5.73. The molecule has 0 atom stereocenters. The first kappa shape index (κ1) is 18.1. The van der Waals surface area contributed by atoms with Crippen LogP contribution >= 0.6 is 0 Å². The van der Waals surface area contributed by atoms with Gasteiger partial charge in [0.2, 0.25) is 0 Å². The Morgan fingerprint density at radius 2 is 1.91 bits per heavy atom. The number of ether oxygens (including phenoxy) is 1. The van der Waals surface area contributed by atoms with E-state index in [9.17, 15) is 14.0 Å². The summed E-state index contributed by atoms with van der Waals surface area (Å²) in [7, 11) is 0. The van der Waals surface area contributed by atoms with Crippen LogP contribution in [0.1, 0.15) is 56.8 Å². The van der Waals surface area contributed by atoms with Crippen molar-refractivity contribution in [2.45, 2.75) is 52.1 Å². The first-order valence-corrected chi connectivity index (χ1v) is 7.53. The zero-order chi connectivity index (χ0) is 16.6. The molecular weight excluding hydrogens is 285 g/mol. The minimum absolute atomic E-state index is 0.0559. The van der Waals surface area contributed by atoms with E-state index in [-0.39, 0.29) is 5.78 Å². The minimum atomic E-state index is -0.499. The molecule has 0 aliphatic carbocycles. The Bertz CT molecular complexity index is 509. The van der Waals surface area contributed by atoms with E-state index in [2.05, 4.69) is 5.32 Å². The second-order valence-electron chi connectivity index (χ2n) is 6.17. The van der Waals surface area contributed by atoms with Crippen LogP contribution in [0.5, 0.6) is 0 Å². The monoisotopic (exact) mass is 309 g/mol. The summed E-state index contributed by atoms with van der Waals surface area (Å²) in [5, 5.41) is 2.67. The number of carbonyl (C=O) groups is 2. The van der Waals surface area contributed by atoms with Gasteiger partial charge in [0.25, 0.3) is 0 Å². The third-order valence-corrected chi connectivity index (χ3v) is 2.90. The van der Waals surface area contributed by atoms with E-state index >= 15 is 0 Å². The topological polar surface area (TPSA) is 55.4 Å². The molecule has 0 aliphatic heterocycles. The molecule has 0 aromatic heterocycles.